The molecule has 2 saturated heterocycles. The summed E-state index contributed by atoms with van der Waals surface area (Å²) in [5.74, 6) is -0.149. The van der Waals surface area contributed by atoms with Gasteiger partial charge in [0.25, 0.3) is 0 Å². The molecule has 0 radical (unpaired) electrons. The molecular weight excluding hydrogens is 471 g/mol. The van der Waals surface area contributed by atoms with E-state index in [1.54, 1.807) is 0 Å². The van der Waals surface area contributed by atoms with Gasteiger partial charge in [0.15, 0.2) is 28.7 Å². The van der Waals surface area contributed by atoms with E-state index in [0.717, 1.165) is 5.57 Å². The summed E-state index contributed by atoms with van der Waals surface area (Å²) in [6.07, 6.45) is 0.653. The maximum Gasteiger partial charge on any atom is 0.192 e. The second-order valence-electron chi connectivity index (χ2n) is 12.6. The summed E-state index contributed by atoms with van der Waals surface area (Å²) in [4.78, 5) is 0. The summed E-state index contributed by atoms with van der Waals surface area (Å²) in [7, 11) is -4.11. The maximum atomic E-state index is 9.04. The minimum Gasteiger partial charge on any atom is -0.414 e. The largest absolute Gasteiger partial charge is 0.414 e. The van der Waals surface area contributed by atoms with Gasteiger partial charge in [-0.2, -0.15) is 5.26 Å². The van der Waals surface area contributed by atoms with E-state index in [9.17, 15) is 0 Å². The number of nitrogens with zero attached hydrogens (tertiary/aromatic N) is 1. The van der Waals surface area contributed by atoms with Crippen molar-refractivity contribution in [2.24, 2.45) is 0 Å². The zero-order valence-corrected chi connectivity index (χ0v) is 25.5. The first kappa shape index (κ1) is 29.0. The molecule has 2 heterocycles. The molecule has 190 valence electrons. The van der Waals surface area contributed by atoms with E-state index in [4.69, 9.17) is 28.3 Å². The van der Waals surface area contributed by atoms with Crippen molar-refractivity contribution in [2.45, 2.75) is 122 Å². The predicted octanol–water partition coefficient (Wildman–Crippen LogP) is 6.42. The molecule has 33 heavy (non-hydrogen) atoms. The van der Waals surface area contributed by atoms with Crippen LogP contribution < -0.4 is 0 Å². The molecule has 0 spiro atoms. The van der Waals surface area contributed by atoms with Gasteiger partial charge in [-0.15, -0.1) is 0 Å². The van der Waals surface area contributed by atoms with Gasteiger partial charge >= 0.3 is 0 Å². The first-order chi connectivity index (χ1) is 14.8. The normalized spacial score (nSPS) is 28.1. The highest BCUT2D eigenvalue weighted by Gasteiger charge is 2.55. The summed E-state index contributed by atoms with van der Waals surface area (Å²) in [5, 5.41) is 11.3. The molecule has 6 nitrogen and oxygen atoms in total. The number of thiocyanates is 1. The molecule has 2 aliphatic rings. The molecule has 0 aliphatic carbocycles. The summed E-state index contributed by atoms with van der Waals surface area (Å²) >= 11 is 1.20. The molecule has 0 aromatic carbocycles. The Morgan fingerprint density at radius 1 is 1.06 bits per heavy atom. The fraction of sp³-hybridized carbons (Fsp3) is 0.875. The Morgan fingerprint density at radius 3 is 2.15 bits per heavy atom. The number of nitriles is 1. The molecule has 0 aromatic heterocycles. The fourth-order valence-corrected chi connectivity index (χ4v) is 6.06. The number of fused-ring (bicyclic) bond motifs is 1. The van der Waals surface area contributed by atoms with Gasteiger partial charge in [-0.1, -0.05) is 47.6 Å². The van der Waals surface area contributed by atoms with E-state index < -0.39 is 28.7 Å². The molecular formula is C24H45NO5SSi2. The Labute approximate surface area is 208 Å². The maximum absolute atomic E-state index is 9.04. The van der Waals surface area contributed by atoms with Gasteiger partial charge in [0.1, 0.15) is 17.6 Å². The SMILES string of the molecule is CC1(C)O[C@H]2O[C@H]([C@@H](CO[Si](C)(C)C(C)(C)C)O[Si](C)(C)C(C)(C)C)/C(=C\CSC#N)[C@H]2O1. The molecule has 0 unspecified atom stereocenters. The van der Waals surface area contributed by atoms with Gasteiger partial charge < -0.3 is 23.1 Å². The van der Waals surface area contributed by atoms with Crippen molar-refractivity contribution < 1.29 is 23.1 Å². The Hall–Kier alpha value is -0.186. The highest BCUT2D eigenvalue weighted by atomic mass is 32.2. The molecule has 0 amide bonds. The van der Waals surface area contributed by atoms with Crippen molar-refractivity contribution in [3.8, 4) is 5.40 Å². The van der Waals surface area contributed by atoms with Gasteiger partial charge in [0.2, 0.25) is 0 Å². The first-order valence-electron chi connectivity index (χ1n) is 11.8. The average molecular weight is 516 g/mol. The van der Waals surface area contributed by atoms with E-state index in [0.29, 0.717) is 12.4 Å². The monoisotopic (exact) mass is 515 g/mol. The van der Waals surface area contributed by atoms with Crippen molar-refractivity contribution in [3.63, 3.8) is 0 Å². The molecule has 2 rings (SSSR count). The minimum absolute atomic E-state index is 0.0478. The van der Waals surface area contributed by atoms with Crippen LogP contribution in [-0.4, -0.2) is 59.4 Å². The Kier molecular flexibility index (Phi) is 8.85. The molecule has 0 N–H and O–H groups in total. The van der Waals surface area contributed by atoms with Gasteiger partial charge in [-0.05, 0) is 67.4 Å². The lowest BCUT2D eigenvalue weighted by atomic mass is 10.0. The number of ether oxygens (including phenoxy) is 3. The molecule has 2 aliphatic heterocycles. The van der Waals surface area contributed by atoms with E-state index in [-0.39, 0.29) is 28.4 Å². The van der Waals surface area contributed by atoms with E-state index in [1.807, 2.05) is 13.8 Å². The summed E-state index contributed by atoms with van der Waals surface area (Å²) in [6.45, 7) is 26.7. The molecule has 4 atom stereocenters. The molecule has 0 aromatic rings. The van der Waals surface area contributed by atoms with Crippen LogP contribution in [0.2, 0.25) is 36.3 Å². The molecule has 2 fully saturated rings. The quantitative estimate of drug-likeness (QED) is 0.160. The third-order valence-corrected chi connectivity index (χ3v) is 16.9. The van der Waals surface area contributed by atoms with Crippen molar-refractivity contribution in [1.82, 2.24) is 0 Å². The number of hydrogen-bond donors (Lipinski definition) is 0. The number of hydrogen-bond acceptors (Lipinski definition) is 7. The first-order valence-corrected chi connectivity index (χ1v) is 18.7. The third-order valence-electron chi connectivity index (χ3n) is 7.47. The predicted molar refractivity (Wildman–Crippen MR) is 140 cm³/mol. The van der Waals surface area contributed by atoms with Gasteiger partial charge in [0, 0.05) is 5.75 Å². The van der Waals surface area contributed by atoms with Crippen molar-refractivity contribution >= 4 is 28.4 Å². The van der Waals surface area contributed by atoms with Crippen LogP contribution in [0, 0.1) is 10.7 Å². The Morgan fingerprint density at radius 2 is 1.64 bits per heavy atom. The zero-order chi connectivity index (χ0) is 25.5. The topological polar surface area (TPSA) is 69.9 Å². The van der Waals surface area contributed by atoms with E-state index in [1.165, 1.54) is 11.8 Å². The van der Waals surface area contributed by atoms with Crippen LogP contribution in [0.5, 0.6) is 0 Å². The van der Waals surface area contributed by atoms with Gasteiger partial charge in [0.05, 0.1) is 12.7 Å². The average Bonchev–Trinajstić information content (AvgIpc) is 3.09. The number of rotatable bonds is 8. The van der Waals surface area contributed by atoms with Crippen molar-refractivity contribution in [2.75, 3.05) is 12.4 Å². The Balaban J connectivity index is 2.39. The van der Waals surface area contributed by atoms with Gasteiger partial charge in [-0.3, -0.25) is 0 Å². The minimum atomic E-state index is -2.12. The van der Waals surface area contributed by atoms with E-state index in [2.05, 4.69) is 79.2 Å². The lowest BCUT2D eigenvalue weighted by Gasteiger charge is -2.43. The lowest BCUT2D eigenvalue weighted by Crippen LogP contribution is -2.51. The Bertz CT molecular complexity index is 764. The highest BCUT2D eigenvalue weighted by molar-refractivity contribution is 8.03. The standard InChI is InChI=1S/C24H45NO5SSi2/c1-22(2,3)32(9,10)26-15-18(30-33(11,12)23(4,5)6)19-17(13-14-31-16-25)20-21(27-19)29-24(7,8)28-20/h13,18-21H,14-15H2,1-12H3/b17-13+/t18-,19+,20-,21-/m1/s1. The second kappa shape index (κ2) is 10.1. The smallest absolute Gasteiger partial charge is 0.192 e. The highest BCUT2D eigenvalue weighted by Crippen LogP contribution is 2.45. The van der Waals surface area contributed by atoms with Crippen LogP contribution in [0.1, 0.15) is 55.4 Å². The second-order valence-corrected chi connectivity index (χ2v) is 22.9. The summed E-state index contributed by atoms with van der Waals surface area (Å²) in [5.41, 5.74) is 0.996. The van der Waals surface area contributed by atoms with Crippen molar-refractivity contribution in [1.29, 1.82) is 5.26 Å². The third kappa shape index (κ3) is 6.94. The zero-order valence-electron chi connectivity index (χ0n) is 22.7. The van der Waals surface area contributed by atoms with E-state index >= 15 is 0 Å². The molecule has 9 heteroatoms. The summed E-state index contributed by atoms with van der Waals surface area (Å²) < 4.78 is 32.3. The van der Waals surface area contributed by atoms with Crippen LogP contribution in [0.3, 0.4) is 0 Å². The van der Waals surface area contributed by atoms with Crippen LogP contribution in [0.4, 0.5) is 0 Å². The van der Waals surface area contributed by atoms with Crippen LogP contribution in [-0.2, 0) is 23.1 Å². The van der Waals surface area contributed by atoms with Gasteiger partial charge in [-0.25, -0.2) is 0 Å². The van der Waals surface area contributed by atoms with Crippen LogP contribution in [0.25, 0.3) is 0 Å². The lowest BCUT2D eigenvalue weighted by molar-refractivity contribution is -0.208. The fourth-order valence-electron chi connectivity index (χ4n) is 3.40. The number of thioether (sulfide) groups is 1. The molecule has 0 saturated carbocycles. The van der Waals surface area contributed by atoms with Crippen LogP contribution >= 0.6 is 11.8 Å². The van der Waals surface area contributed by atoms with Crippen molar-refractivity contribution in [3.05, 3.63) is 11.6 Å². The van der Waals surface area contributed by atoms with Crippen LogP contribution in [0.15, 0.2) is 11.6 Å². The summed E-state index contributed by atoms with van der Waals surface area (Å²) in [6, 6.07) is 0. The molecule has 0 bridgehead atoms.